The number of hydrogen-bond acceptors (Lipinski definition) is 2. The molecule has 0 heterocycles. The van der Waals surface area contributed by atoms with Gasteiger partial charge in [0.15, 0.2) is 0 Å². The van der Waals surface area contributed by atoms with Crippen LogP contribution in [0.4, 0.5) is 0 Å². The molecule has 1 atom stereocenters. The molecule has 0 aliphatic carbocycles. The Balaban J connectivity index is 3.36. The fraction of sp³-hybridized carbons (Fsp3) is 1.00. The predicted octanol–water partition coefficient (Wildman–Crippen LogP) is 1.10. The lowest BCUT2D eigenvalue weighted by atomic mass is 9.89. The number of nitrogens with two attached hydrogens (primary N) is 2. The van der Waals surface area contributed by atoms with Crippen LogP contribution in [0.15, 0.2) is 0 Å². The van der Waals surface area contributed by atoms with E-state index < -0.39 is 0 Å². The topological polar surface area (TPSA) is 52.0 Å². The van der Waals surface area contributed by atoms with Crippen LogP contribution in [0.3, 0.4) is 0 Å². The zero-order valence-corrected chi connectivity index (χ0v) is 7.35. The molecule has 0 spiro atoms. The lowest BCUT2D eigenvalue weighted by Gasteiger charge is -2.19. The highest BCUT2D eigenvalue weighted by Gasteiger charge is 2.11. The van der Waals surface area contributed by atoms with Crippen molar-refractivity contribution in [3.63, 3.8) is 0 Å². The van der Waals surface area contributed by atoms with E-state index in [2.05, 4.69) is 20.8 Å². The maximum atomic E-state index is 5.66. The molecule has 0 saturated heterocycles. The maximum absolute atomic E-state index is 5.66. The molecule has 0 bridgehead atoms. The van der Waals surface area contributed by atoms with Gasteiger partial charge in [-0.05, 0) is 18.3 Å². The van der Waals surface area contributed by atoms with Crippen molar-refractivity contribution in [3.05, 3.63) is 0 Å². The molecule has 2 heteroatoms. The van der Waals surface area contributed by atoms with E-state index in [0.29, 0.717) is 12.0 Å². The van der Waals surface area contributed by atoms with Crippen LogP contribution in [-0.4, -0.2) is 12.6 Å². The van der Waals surface area contributed by atoms with Crippen LogP contribution in [0.2, 0.25) is 0 Å². The van der Waals surface area contributed by atoms with Crippen molar-refractivity contribution in [3.8, 4) is 0 Å². The van der Waals surface area contributed by atoms with E-state index in [0.717, 1.165) is 12.8 Å². The molecular formula is C8H20N2. The van der Waals surface area contributed by atoms with Crippen LogP contribution in [0.5, 0.6) is 0 Å². The summed E-state index contributed by atoms with van der Waals surface area (Å²) in [7, 11) is 0. The molecule has 0 amide bonds. The standard InChI is InChI=1S/C8H20N2/c1-8(2,3)5-4-7(10)6-9/h7H,4-6,9-10H2,1-3H3. The zero-order valence-electron chi connectivity index (χ0n) is 7.35. The van der Waals surface area contributed by atoms with Crippen LogP contribution >= 0.6 is 0 Å². The van der Waals surface area contributed by atoms with Gasteiger partial charge in [-0.2, -0.15) is 0 Å². The van der Waals surface area contributed by atoms with Crippen molar-refractivity contribution in [2.75, 3.05) is 6.54 Å². The summed E-state index contributed by atoms with van der Waals surface area (Å²) in [6.45, 7) is 7.26. The van der Waals surface area contributed by atoms with Crippen molar-refractivity contribution in [2.24, 2.45) is 16.9 Å². The molecule has 1 unspecified atom stereocenters. The van der Waals surface area contributed by atoms with Crippen molar-refractivity contribution < 1.29 is 0 Å². The van der Waals surface area contributed by atoms with E-state index >= 15 is 0 Å². The average Bonchev–Trinajstić information content (AvgIpc) is 1.81. The molecule has 0 aromatic heterocycles. The minimum Gasteiger partial charge on any atom is -0.329 e. The van der Waals surface area contributed by atoms with Gasteiger partial charge in [0.25, 0.3) is 0 Å². The summed E-state index contributed by atoms with van der Waals surface area (Å²) < 4.78 is 0. The van der Waals surface area contributed by atoms with Gasteiger partial charge in [-0.25, -0.2) is 0 Å². The number of hydrogen-bond donors (Lipinski definition) is 2. The van der Waals surface area contributed by atoms with Crippen LogP contribution in [-0.2, 0) is 0 Å². The van der Waals surface area contributed by atoms with Gasteiger partial charge >= 0.3 is 0 Å². The van der Waals surface area contributed by atoms with Gasteiger partial charge in [-0.1, -0.05) is 20.8 Å². The molecule has 0 fully saturated rings. The molecule has 62 valence electrons. The lowest BCUT2D eigenvalue weighted by molar-refractivity contribution is 0.349. The Bertz CT molecular complexity index is 83.7. The summed E-state index contributed by atoms with van der Waals surface area (Å²) >= 11 is 0. The van der Waals surface area contributed by atoms with Gasteiger partial charge in [0.1, 0.15) is 0 Å². The molecule has 2 nitrogen and oxygen atoms in total. The molecule has 0 aliphatic rings. The Labute approximate surface area is 64.0 Å². The van der Waals surface area contributed by atoms with Crippen molar-refractivity contribution in [1.29, 1.82) is 0 Å². The third kappa shape index (κ3) is 6.05. The highest BCUT2D eigenvalue weighted by molar-refractivity contribution is 4.68. The quantitative estimate of drug-likeness (QED) is 0.623. The molecule has 0 aliphatic heterocycles. The smallest absolute Gasteiger partial charge is 0.0163 e. The Morgan fingerprint density at radius 2 is 1.80 bits per heavy atom. The lowest BCUT2D eigenvalue weighted by Crippen LogP contribution is -2.30. The SMILES string of the molecule is CC(C)(C)CCC(N)CN. The fourth-order valence-corrected chi connectivity index (χ4v) is 0.736. The van der Waals surface area contributed by atoms with Crippen molar-refractivity contribution in [1.82, 2.24) is 0 Å². The number of rotatable bonds is 3. The summed E-state index contributed by atoms with van der Waals surface area (Å²) in [5.41, 5.74) is 11.4. The minimum atomic E-state index is 0.194. The summed E-state index contributed by atoms with van der Waals surface area (Å²) in [6.07, 6.45) is 2.20. The molecule has 0 radical (unpaired) electrons. The Morgan fingerprint density at radius 3 is 2.10 bits per heavy atom. The first-order chi connectivity index (χ1) is 4.45. The second kappa shape index (κ2) is 3.94. The van der Waals surface area contributed by atoms with Gasteiger partial charge in [0.05, 0.1) is 0 Å². The normalized spacial score (nSPS) is 15.3. The van der Waals surface area contributed by atoms with Crippen molar-refractivity contribution in [2.45, 2.75) is 39.7 Å². The monoisotopic (exact) mass is 144 g/mol. The minimum absolute atomic E-state index is 0.194. The van der Waals surface area contributed by atoms with Gasteiger partial charge in [0.2, 0.25) is 0 Å². The van der Waals surface area contributed by atoms with Gasteiger partial charge in [0, 0.05) is 12.6 Å². The Hall–Kier alpha value is -0.0800. The van der Waals surface area contributed by atoms with Crippen LogP contribution < -0.4 is 11.5 Å². The second-order valence-corrected chi connectivity index (χ2v) is 4.10. The van der Waals surface area contributed by atoms with E-state index in [1.807, 2.05) is 0 Å². The summed E-state index contributed by atoms with van der Waals surface area (Å²) in [5, 5.41) is 0. The van der Waals surface area contributed by atoms with E-state index in [1.165, 1.54) is 0 Å². The molecule has 0 saturated carbocycles. The molecule has 0 rings (SSSR count). The van der Waals surface area contributed by atoms with Gasteiger partial charge < -0.3 is 11.5 Å². The molecule has 4 N–H and O–H groups in total. The first-order valence-electron chi connectivity index (χ1n) is 3.91. The van der Waals surface area contributed by atoms with Gasteiger partial charge in [-0.15, -0.1) is 0 Å². The zero-order chi connectivity index (χ0) is 8.20. The Morgan fingerprint density at radius 1 is 1.30 bits per heavy atom. The molecule has 0 aromatic carbocycles. The third-order valence-electron chi connectivity index (χ3n) is 1.57. The molecular weight excluding hydrogens is 124 g/mol. The van der Waals surface area contributed by atoms with E-state index in [4.69, 9.17) is 11.5 Å². The maximum Gasteiger partial charge on any atom is 0.0163 e. The molecule has 0 aromatic rings. The largest absolute Gasteiger partial charge is 0.329 e. The summed E-state index contributed by atoms with van der Waals surface area (Å²) in [6, 6.07) is 0.194. The van der Waals surface area contributed by atoms with Crippen LogP contribution in [0.1, 0.15) is 33.6 Å². The summed E-state index contributed by atoms with van der Waals surface area (Å²) in [4.78, 5) is 0. The highest BCUT2D eigenvalue weighted by Crippen LogP contribution is 2.20. The van der Waals surface area contributed by atoms with Crippen molar-refractivity contribution >= 4 is 0 Å². The second-order valence-electron chi connectivity index (χ2n) is 4.10. The summed E-state index contributed by atoms with van der Waals surface area (Å²) in [5.74, 6) is 0. The first-order valence-corrected chi connectivity index (χ1v) is 3.91. The molecule has 10 heavy (non-hydrogen) atoms. The average molecular weight is 144 g/mol. The van der Waals surface area contributed by atoms with E-state index in [1.54, 1.807) is 0 Å². The Kier molecular flexibility index (Phi) is 3.91. The van der Waals surface area contributed by atoms with Crippen LogP contribution in [0.25, 0.3) is 0 Å². The first kappa shape index (κ1) is 9.92. The van der Waals surface area contributed by atoms with E-state index in [-0.39, 0.29) is 6.04 Å². The third-order valence-corrected chi connectivity index (χ3v) is 1.57. The van der Waals surface area contributed by atoms with Crippen LogP contribution in [0, 0.1) is 5.41 Å². The fourth-order valence-electron chi connectivity index (χ4n) is 0.736. The van der Waals surface area contributed by atoms with E-state index in [9.17, 15) is 0 Å². The van der Waals surface area contributed by atoms with Gasteiger partial charge in [-0.3, -0.25) is 0 Å². The predicted molar refractivity (Wildman–Crippen MR) is 45.7 cm³/mol. The highest BCUT2D eigenvalue weighted by atomic mass is 14.7.